The summed E-state index contributed by atoms with van der Waals surface area (Å²) in [5, 5.41) is 23.6. The highest BCUT2D eigenvalue weighted by Crippen LogP contribution is 2.12. The molecular formula is C20H38N4O. The number of nitrogens with one attached hydrogen (secondary N) is 1. The largest absolute Gasteiger partial charge is 0.389 e. The molecule has 1 aromatic heterocycles. The summed E-state index contributed by atoms with van der Waals surface area (Å²) in [6, 6.07) is 0. The van der Waals surface area contributed by atoms with Crippen molar-refractivity contribution in [2.75, 3.05) is 0 Å². The summed E-state index contributed by atoms with van der Waals surface area (Å²) in [6.45, 7) is 2.16. The minimum Gasteiger partial charge on any atom is -0.389 e. The first-order valence-corrected chi connectivity index (χ1v) is 10.4. The highest BCUT2D eigenvalue weighted by atomic mass is 16.3. The van der Waals surface area contributed by atoms with Gasteiger partial charge in [0, 0.05) is 6.42 Å². The Morgan fingerprint density at radius 2 is 1.56 bits per heavy atom. The van der Waals surface area contributed by atoms with Crippen molar-refractivity contribution >= 4 is 0 Å². The minimum absolute atomic E-state index is 0.229. The predicted molar refractivity (Wildman–Crippen MR) is 103 cm³/mol. The maximum absolute atomic E-state index is 9.71. The van der Waals surface area contributed by atoms with E-state index < -0.39 is 0 Å². The van der Waals surface area contributed by atoms with Gasteiger partial charge in [-0.25, -0.2) is 5.10 Å². The van der Waals surface area contributed by atoms with Crippen LogP contribution in [0.15, 0.2) is 12.2 Å². The molecule has 144 valence electrons. The number of nitrogens with zero attached hydrogens (tertiary/aromatic N) is 3. The average Bonchev–Trinajstić information content (AvgIpc) is 3.13. The lowest BCUT2D eigenvalue weighted by Crippen LogP contribution is -2.00. The van der Waals surface area contributed by atoms with Gasteiger partial charge in [0.1, 0.15) is 5.82 Å². The Bertz CT molecular complexity index is 406. The molecule has 0 saturated carbocycles. The van der Waals surface area contributed by atoms with Crippen LogP contribution in [0.4, 0.5) is 0 Å². The maximum atomic E-state index is 9.71. The van der Waals surface area contributed by atoms with Gasteiger partial charge < -0.3 is 5.11 Å². The number of aromatic amines is 1. The van der Waals surface area contributed by atoms with Crippen LogP contribution >= 0.6 is 0 Å². The molecule has 1 heterocycles. The van der Waals surface area contributed by atoms with Crippen LogP contribution in [0.2, 0.25) is 0 Å². The Kier molecular flexibility index (Phi) is 14.2. The fourth-order valence-electron chi connectivity index (χ4n) is 3.02. The third-order valence-corrected chi connectivity index (χ3v) is 4.64. The lowest BCUT2D eigenvalue weighted by molar-refractivity contribution is 0.209. The number of aryl methyl sites for hydroxylation is 1. The second-order valence-electron chi connectivity index (χ2n) is 7.06. The van der Waals surface area contributed by atoms with Gasteiger partial charge in [-0.3, -0.25) is 0 Å². The van der Waals surface area contributed by atoms with Gasteiger partial charge in [-0.2, -0.15) is 0 Å². The van der Waals surface area contributed by atoms with E-state index in [1.165, 1.54) is 64.2 Å². The smallest absolute Gasteiger partial charge is 0.148 e. The van der Waals surface area contributed by atoms with E-state index >= 15 is 0 Å². The van der Waals surface area contributed by atoms with E-state index in [0.717, 1.165) is 37.9 Å². The Morgan fingerprint density at radius 1 is 0.920 bits per heavy atom. The number of hydrogen-bond acceptors (Lipinski definition) is 4. The topological polar surface area (TPSA) is 74.7 Å². The third-order valence-electron chi connectivity index (χ3n) is 4.64. The van der Waals surface area contributed by atoms with Crippen LogP contribution in [0.5, 0.6) is 0 Å². The lowest BCUT2D eigenvalue weighted by atomic mass is 10.0. The molecule has 1 aromatic rings. The summed E-state index contributed by atoms with van der Waals surface area (Å²) in [5.41, 5.74) is 0. The van der Waals surface area contributed by atoms with Crippen molar-refractivity contribution in [2.45, 2.75) is 109 Å². The molecule has 0 aliphatic heterocycles. The van der Waals surface area contributed by atoms with Gasteiger partial charge >= 0.3 is 0 Å². The fourth-order valence-corrected chi connectivity index (χ4v) is 3.02. The van der Waals surface area contributed by atoms with Gasteiger partial charge in [0.05, 0.1) is 6.10 Å². The molecule has 0 saturated heterocycles. The molecule has 0 spiro atoms. The standard InChI is InChI=1S/C20H38N4O/c1-2-3-16-19(25)17-14-12-10-8-6-4-5-7-9-11-13-15-18-20-21-23-24-22-20/h14,17,19,25H,2-13,15-16,18H2,1H3,(H,21,22,23,24). The van der Waals surface area contributed by atoms with Crippen LogP contribution in [-0.4, -0.2) is 31.8 Å². The molecule has 0 aromatic carbocycles. The van der Waals surface area contributed by atoms with Crippen molar-refractivity contribution in [1.29, 1.82) is 0 Å². The van der Waals surface area contributed by atoms with Crippen molar-refractivity contribution in [3.63, 3.8) is 0 Å². The fraction of sp³-hybridized carbons (Fsp3) is 0.850. The molecule has 1 unspecified atom stereocenters. The first-order chi connectivity index (χ1) is 12.3. The van der Waals surface area contributed by atoms with Gasteiger partial charge in [0.2, 0.25) is 0 Å². The Hall–Kier alpha value is -1.23. The Balaban J connectivity index is 1.75. The van der Waals surface area contributed by atoms with E-state index in [2.05, 4.69) is 33.6 Å². The van der Waals surface area contributed by atoms with Crippen molar-refractivity contribution < 1.29 is 5.11 Å². The van der Waals surface area contributed by atoms with E-state index in [-0.39, 0.29) is 6.10 Å². The Morgan fingerprint density at radius 3 is 2.16 bits per heavy atom. The van der Waals surface area contributed by atoms with Crippen molar-refractivity contribution in [3.8, 4) is 0 Å². The van der Waals surface area contributed by atoms with E-state index in [1.54, 1.807) is 0 Å². The van der Waals surface area contributed by atoms with Crippen molar-refractivity contribution in [2.24, 2.45) is 0 Å². The number of tetrazole rings is 1. The number of H-pyrrole nitrogens is 1. The van der Waals surface area contributed by atoms with Crippen molar-refractivity contribution in [1.82, 2.24) is 20.6 Å². The first kappa shape index (κ1) is 21.8. The normalized spacial score (nSPS) is 12.9. The average molecular weight is 351 g/mol. The van der Waals surface area contributed by atoms with Crippen LogP contribution in [0.3, 0.4) is 0 Å². The highest BCUT2D eigenvalue weighted by Gasteiger charge is 1.98. The molecular weight excluding hydrogens is 312 g/mol. The summed E-state index contributed by atoms with van der Waals surface area (Å²) in [7, 11) is 0. The van der Waals surface area contributed by atoms with Gasteiger partial charge in [0.15, 0.2) is 0 Å². The summed E-state index contributed by atoms with van der Waals surface area (Å²) in [5.74, 6) is 0.908. The summed E-state index contributed by atoms with van der Waals surface area (Å²) in [6.07, 6.45) is 22.3. The SMILES string of the molecule is CCCCC(O)C=CCCCCCCCCCCCCc1nnn[nH]1. The zero-order chi connectivity index (χ0) is 18.0. The molecule has 0 bridgehead atoms. The molecule has 0 fully saturated rings. The molecule has 2 N–H and O–H groups in total. The summed E-state index contributed by atoms with van der Waals surface area (Å²) < 4.78 is 0. The highest BCUT2D eigenvalue weighted by molar-refractivity contribution is 4.88. The predicted octanol–water partition coefficient (Wildman–Crippen LogP) is 5.14. The molecule has 5 heteroatoms. The molecule has 1 rings (SSSR count). The molecule has 0 radical (unpaired) electrons. The van der Waals surface area contributed by atoms with E-state index in [0.29, 0.717) is 0 Å². The quantitative estimate of drug-likeness (QED) is 0.301. The molecule has 0 aliphatic rings. The number of unbranched alkanes of at least 4 members (excludes halogenated alkanes) is 11. The molecule has 0 aliphatic carbocycles. The van der Waals surface area contributed by atoms with Crippen LogP contribution in [0.1, 0.15) is 103 Å². The first-order valence-electron chi connectivity index (χ1n) is 10.4. The van der Waals surface area contributed by atoms with Gasteiger partial charge in [0.25, 0.3) is 0 Å². The van der Waals surface area contributed by atoms with Crippen molar-refractivity contribution in [3.05, 3.63) is 18.0 Å². The molecule has 0 amide bonds. The third kappa shape index (κ3) is 13.7. The van der Waals surface area contributed by atoms with Gasteiger partial charge in [-0.15, -0.1) is 5.10 Å². The van der Waals surface area contributed by atoms with Crippen LogP contribution in [0, 0.1) is 0 Å². The Labute approximate surface area is 153 Å². The van der Waals surface area contributed by atoms with E-state index in [1.807, 2.05) is 6.08 Å². The molecule has 25 heavy (non-hydrogen) atoms. The minimum atomic E-state index is -0.229. The lowest BCUT2D eigenvalue weighted by Gasteiger charge is -2.03. The number of aliphatic hydroxyl groups excluding tert-OH is 1. The second kappa shape index (κ2) is 16.2. The van der Waals surface area contributed by atoms with Crippen LogP contribution in [-0.2, 0) is 6.42 Å². The maximum Gasteiger partial charge on any atom is 0.148 e. The summed E-state index contributed by atoms with van der Waals surface area (Å²) >= 11 is 0. The van der Waals surface area contributed by atoms with Crippen LogP contribution < -0.4 is 0 Å². The number of aromatic nitrogens is 4. The van der Waals surface area contributed by atoms with E-state index in [9.17, 15) is 5.11 Å². The van der Waals surface area contributed by atoms with Crippen LogP contribution in [0.25, 0.3) is 0 Å². The molecule has 1 atom stereocenters. The number of rotatable bonds is 17. The second-order valence-corrected chi connectivity index (χ2v) is 7.06. The zero-order valence-corrected chi connectivity index (χ0v) is 16.1. The van der Waals surface area contributed by atoms with Gasteiger partial charge in [-0.1, -0.05) is 83.3 Å². The number of aliphatic hydroxyl groups is 1. The number of hydrogen-bond donors (Lipinski definition) is 2. The van der Waals surface area contributed by atoms with Gasteiger partial charge in [-0.05, 0) is 36.1 Å². The zero-order valence-electron chi connectivity index (χ0n) is 16.1. The van der Waals surface area contributed by atoms with E-state index in [4.69, 9.17) is 0 Å². The molecule has 5 nitrogen and oxygen atoms in total. The summed E-state index contributed by atoms with van der Waals surface area (Å²) in [4.78, 5) is 0. The monoisotopic (exact) mass is 350 g/mol. The number of allylic oxidation sites excluding steroid dienone is 1.